The molecule has 1 aromatic heterocycles. The average Bonchev–Trinajstić information content (AvgIpc) is 2.28. The summed E-state index contributed by atoms with van der Waals surface area (Å²) in [5.74, 6) is -1.95. The lowest BCUT2D eigenvalue weighted by atomic mass is 9.58. The van der Waals surface area contributed by atoms with Crippen LogP contribution < -0.4 is 14.8 Å². The van der Waals surface area contributed by atoms with Crippen LogP contribution in [0.1, 0.15) is 79.7 Å². The molecule has 9 rings (SSSR count). The van der Waals surface area contributed by atoms with Crippen molar-refractivity contribution in [3.63, 3.8) is 0 Å². The number of nitrogens with zero attached hydrogens (tertiary/aromatic N) is 9. The minimum absolute atomic E-state index is 0.0525. The number of aromatic nitrogens is 2. The molecular formula is C58H86N10O13. The summed E-state index contributed by atoms with van der Waals surface area (Å²) in [6.45, 7) is 9.20. The topological polar surface area (TPSA) is 278 Å². The van der Waals surface area contributed by atoms with E-state index in [0.29, 0.717) is 123 Å². The fourth-order valence-corrected chi connectivity index (χ4v) is 14.0. The van der Waals surface area contributed by atoms with Crippen molar-refractivity contribution in [2.24, 2.45) is 35.5 Å². The number of carboxylic acids is 4. The summed E-state index contributed by atoms with van der Waals surface area (Å²) in [5, 5.41) is 70.8. The Morgan fingerprint density at radius 3 is 1.68 bits per heavy atom. The number of hydrogen-bond donors (Lipinski definition) is 7. The SMILES string of the molecule is COc1cccc(OC)c1-c1cc(C(=O)NC2(C(=O)O)C3CC4CC5C3C5C2C4)nn1-c1ccc(C(O)N(C)CCCN(C)CCCN(C)C(O)CN2CCN(CC(=O)O)CCN(CC(=O)O)CCN(CC(=O)O)CC2)cc1C(C)C. The number of hydrogen-bond acceptors (Lipinski definition) is 17. The van der Waals surface area contributed by atoms with E-state index < -0.39 is 47.8 Å². The molecule has 7 N–H and O–H groups in total. The second-order valence-electron chi connectivity index (χ2n) is 23.7. The van der Waals surface area contributed by atoms with Crippen molar-refractivity contribution in [2.45, 2.75) is 69.9 Å². The lowest BCUT2D eigenvalue weighted by molar-refractivity contribution is -0.154. The molecule has 1 amide bonds. The van der Waals surface area contributed by atoms with Gasteiger partial charge in [0, 0.05) is 72.0 Å². The van der Waals surface area contributed by atoms with Crippen molar-refractivity contribution in [1.82, 2.24) is 49.4 Å². The van der Waals surface area contributed by atoms with Crippen molar-refractivity contribution in [3.05, 3.63) is 59.3 Å². The molecule has 6 fully saturated rings. The monoisotopic (exact) mass is 1130 g/mol. The molecule has 6 unspecified atom stereocenters. The van der Waals surface area contributed by atoms with Gasteiger partial charge in [0.1, 0.15) is 29.5 Å². The third-order valence-electron chi connectivity index (χ3n) is 18.1. The highest BCUT2D eigenvalue weighted by atomic mass is 16.5. The molecule has 5 saturated carbocycles. The highest BCUT2D eigenvalue weighted by Gasteiger charge is 2.80. The van der Waals surface area contributed by atoms with E-state index in [4.69, 9.17) is 14.6 Å². The van der Waals surface area contributed by atoms with Crippen LogP contribution in [0.3, 0.4) is 0 Å². The van der Waals surface area contributed by atoms with Gasteiger partial charge in [-0.3, -0.25) is 48.6 Å². The molecule has 1 aliphatic heterocycles. The van der Waals surface area contributed by atoms with E-state index in [1.54, 1.807) is 39.7 Å². The largest absolute Gasteiger partial charge is 0.496 e. The predicted octanol–water partition coefficient (Wildman–Crippen LogP) is 2.52. The molecule has 446 valence electrons. The average molecular weight is 1130 g/mol. The van der Waals surface area contributed by atoms with E-state index >= 15 is 0 Å². The number of benzene rings is 2. The lowest BCUT2D eigenvalue weighted by Crippen LogP contribution is -2.66. The molecule has 0 radical (unpaired) electrons. The molecule has 23 heteroatoms. The van der Waals surface area contributed by atoms with Gasteiger partial charge in [-0.15, -0.1) is 0 Å². The summed E-state index contributed by atoms with van der Waals surface area (Å²) in [6.07, 6.45) is 2.55. The molecule has 6 atom stereocenters. The van der Waals surface area contributed by atoms with Crippen molar-refractivity contribution in [2.75, 3.05) is 140 Å². The first-order chi connectivity index (χ1) is 38.6. The van der Waals surface area contributed by atoms with Crippen LogP contribution in [-0.2, 0) is 19.2 Å². The number of aliphatic hydroxyl groups is 2. The molecule has 3 aromatic rings. The second-order valence-corrected chi connectivity index (χ2v) is 23.7. The number of ether oxygens (including phenoxy) is 2. The van der Waals surface area contributed by atoms with E-state index in [2.05, 4.69) is 24.1 Å². The number of likely N-dealkylation sites (N-methyl/N-ethyl adjacent to an activating group) is 1. The molecular weight excluding hydrogens is 1040 g/mol. The zero-order valence-electron chi connectivity index (χ0n) is 48.2. The number of aliphatic hydroxyl groups excluding tert-OH is 2. The number of carbonyl (C=O) groups excluding carboxylic acids is 1. The Bertz CT molecular complexity index is 2630. The number of rotatable bonds is 27. The van der Waals surface area contributed by atoms with Gasteiger partial charge in [0.15, 0.2) is 5.69 Å². The number of nitrogens with one attached hydrogen (secondary N) is 1. The summed E-state index contributed by atoms with van der Waals surface area (Å²) < 4.78 is 13.4. The van der Waals surface area contributed by atoms with E-state index in [-0.39, 0.29) is 49.6 Å². The Morgan fingerprint density at radius 2 is 1.20 bits per heavy atom. The quantitative estimate of drug-likeness (QED) is 0.0540. The summed E-state index contributed by atoms with van der Waals surface area (Å²) >= 11 is 0. The van der Waals surface area contributed by atoms with Crippen LogP contribution in [0.5, 0.6) is 11.5 Å². The summed E-state index contributed by atoms with van der Waals surface area (Å²) in [4.78, 5) is 76.1. The minimum Gasteiger partial charge on any atom is -0.496 e. The maximum atomic E-state index is 14.5. The Hall–Kier alpha value is -5.76. The van der Waals surface area contributed by atoms with Crippen molar-refractivity contribution in [3.8, 4) is 28.4 Å². The Labute approximate surface area is 474 Å². The summed E-state index contributed by atoms with van der Waals surface area (Å²) in [6, 6.07) is 12.9. The van der Waals surface area contributed by atoms with E-state index in [0.717, 1.165) is 44.3 Å². The second kappa shape index (κ2) is 26.7. The van der Waals surface area contributed by atoms with E-state index in [1.165, 1.54) is 6.42 Å². The van der Waals surface area contributed by atoms with Gasteiger partial charge < -0.3 is 50.3 Å². The third kappa shape index (κ3) is 14.0. The van der Waals surface area contributed by atoms with Crippen LogP contribution in [0.4, 0.5) is 0 Å². The maximum absolute atomic E-state index is 14.5. The Balaban J connectivity index is 0.873. The number of carboxylic acid groups (broad SMARTS) is 4. The fraction of sp³-hybridized carbons (Fsp3) is 0.655. The van der Waals surface area contributed by atoms with Crippen molar-refractivity contribution < 1.29 is 64.1 Å². The van der Waals surface area contributed by atoms with E-state index in [1.807, 2.05) is 72.2 Å². The summed E-state index contributed by atoms with van der Waals surface area (Å²) in [5.41, 5.74) is 2.05. The normalized spacial score (nSPS) is 25.2. The van der Waals surface area contributed by atoms with Crippen LogP contribution >= 0.6 is 0 Å². The smallest absolute Gasteiger partial charge is 0.330 e. The number of carbonyl (C=O) groups is 5. The van der Waals surface area contributed by atoms with Gasteiger partial charge in [0.05, 0.1) is 50.8 Å². The van der Waals surface area contributed by atoms with Gasteiger partial charge in [-0.1, -0.05) is 26.0 Å². The standard InChI is InChI=1S/C58H86N10O13/c1-36(2)39-30-38(13-14-44(39)68-45(54-46(80-6)11-8-12-47(54)81-7)31-43(60-68)55(76)59-58(57(78)79)41-28-37-27-40-52(41)53(40)42(58)29-37)56(77)63(5)18-10-16-61(3)15-9-17-62(4)48(69)32-64-19-21-65(33-49(70)71)23-25-67(35-51(74)75)26-24-66(22-20-64)34-50(72)73/h8,11-14,30-31,36-37,40-42,48,52-53,56,69,77H,9-10,15-29,32-35H2,1-7H3,(H,59,76)(H,70,71)(H,72,73)(H,74,75)(H,78,79). The van der Waals surface area contributed by atoms with Crippen molar-refractivity contribution >= 4 is 29.8 Å². The van der Waals surface area contributed by atoms with Gasteiger partial charge >= 0.3 is 23.9 Å². The minimum atomic E-state index is -1.33. The zero-order valence-corrected chi connectivity index (χ0v) is 48.2. The van der Waals surface area contributed by atoms with Gasteiger partial charge in [-0.2, -0.15) is 5.10 Å². The number of aliphatic carboxylic acids is 4. The lowest BCUT2D eigenvalue weighted by Gasteiger charge is -2.50. The molecule has 2 aromatic carbocycles. The van der Waals surface area contributed by atoms with Gasteiger partial charge in [0.25, 0.3) is 5.91 Å². The molecule has 0 spiro atoms. The first-order valence-corrected chi connectivity index (χ1v) is 28.6. The first-order valence-electron chi connectivity index (χ1n) is 28.6. The van der Waals surface area contributed by atoms with Crippen LogP contribution in [0.2, 0.25) is 0 Å². The Morgan fingerprint density at radius 1 is 0.691 bits per heavy atom. The molecule has 6 aliphatic rings. The maximum Gasteiger partial charge on any atom is 0.330 e. The molecule has 23 nitrogen and oxygen atoms in total. The van der Waals surface area contributed by atoms with Crippen LogP contribution in [0.25, 0.3) is 16.9 Å². The van der Waals surface area contributed by atoms with Gasteiger partial charge in [0.2, 0.25) is 0 Å². The predicted molar refractivity (Wildman–Crippen MR) is 300 cm³/mol. The highest BCUT2D eigenvalue weighted by molar-refractivity contribution is 5.98. The molecule has 5 aliphatic carbocycles. The van der Waals surface area contributed by atoms with Gasteiger partial charge in [-0.05, 0) is 149 Å². The molecule has 1 saturated heterocycles. The van der Waals surface area contributed by atoms with E-state index in [9.17, 15) is 54.6 Å². The van der Waals surface area contributed by atoms with Crippen LogP contribution in [0, 0.1) is 35.5 Å². The fourth-order valence-electron chi connectivity index (χ4n) is 14.0. The first kappa shape index (κ1) is 61.3. The Kier molecular flexibility index (Phi) is 20.2. The van der Waals surface area contributed by atoms with Crippen LogP contribution in [-0.4, -0.2) is 256 Å². The highest BCUT2D eigenvalue weighted by Crippen LogP contribution is 2.77. The zero-order chi connectivity index (χ0) is 58.4. The van der Waals surface area contributed by atoms with Gasteiger partial charge in [-0.25, -0.2) is 9.48 Å². The van der Waals surface area contributed by atoms with Crippen molar-refractivity contribution in [1.29, 1.82) is 0 Å². The van der Waals surface area contributed by atoms with Crippen LogP contribution in [0.15, 0.2) is 42.5 Å². The summed E-state index contributed by atoms with van der Waals surface area (Å²) in [7, 11) is 8.90. The number of amides is 1. The third-order valence-corrected chi connectivity index (χ3v) is 18.1. The molecule has 81 heavy (non-hydrogen) atoms. The number of β-amino-alcohol motifs (C(OH)–C–C–N with tert-alkyl or cyclic N) is 1. The molecule has 4 bridgehead atoms. The molecule has 2 heterocycles. The number of methoxy groups -OCH3 is 2.